The number of halogens is 1. The third-order valence-corrected chi connectivity index (χ3v) is 4.35. The van der Waals surface area contributed by atoms with E-state index < -0.39 is 0 Å². The second kappa shape index (κ2) is 7.15. The molecule has 124 valence electrons. The molecule has 1 aromatic heterocycles. The van der Waals surface area contributed by atoms with Crippen LogP contribution in [0.3, 0.4) is 0 Å². The van der Waals surface area contributed by atoms with Gasteiger partial charge in [0.05, 0.1) is 18.6 Å². The lowest BCUT2D eigenvalue weighted by Gasteiger charge is -2.10. The lowest BCUT2D eigenvalue weighted by molar-refractivity contribution is -0.113. The van der Waals surface area contributed by atoms with E-state index in [4.69, 9.17) is 20.8 Å². The minimum atomic E-state index is -0.163. The summed E-state index contributed by atoms with van der Waals surface area (Å²) in [6, 6.07) is 10.8. The van der Waals surface area contributed by atoms with Gasteiger partial charge in [0.1, 0.15) is 11.3 Å². The summed E-state index contributed by atoms with van der Waals surface area (Å²) in [4.78, 5) is 16.5. The summed E-state index contributed by atoms with van der Waals surface area (Å²) in [6.07, 6.45) is 0. The zero-order chi connectivity index (χ0) is 17.1. The van der Waals surface area contributed by atoms with Crippen molar-refractivity contribution in [2.75, 3.05) is 18.2 Å². The number of nitrogens with one attached hydrogen (secondary N) is 1. The molecule has 0 radical (unpaired) electrons. The summed E-state index contributed by atoms with van der Waals surface area (Å²) in [6.45, 7) is 1.95. The molecule has 1 heterocycles. The number of benzene rings is 2. The van der Waals surface area contributed by atoms with Crippen molar-refractivity contribution in [3.8, 4) is 5.75 Å². The molecule has 1 N–H and O–H groups in total. The van der Waals surface area contributed by atoms with Crippen molar-refractivity contribution in [1.82, 2.24) is 4.98 Å². The summed E-state index contributed by atoms with van der Waals surface area (Å²) in [5.41, 5.74) is 3.00. The maximum absolute atomic E-state index is 12.2. The zero-order valence-electron chi connectivity index (χ0n) is 13.1. The fraction of sp³-hybridized carbons (Fsp3) is 0.176. The van der Waals surface area contributed by atoms with Crippen LogP contribution in [-0.4, -0.2) is 23.8 Å². The van der Waals surface area contributed by atoms with E-state index in [1.165, 1.54) is 11.8 Å². The van der Waals surface area contributed by atoms with Crippen LogP contribution in [0.5, 0.6) is 5.75 Å². The molecule has 5 nitrogen and oxygen atoms in total. The number of carbonyl (C=O) groups is 1. The van der Waals surface area contributed by atoms with Crippen molar-refractivity contribution in [2.45, 2.75) is 12.1 Å². The quantitative estimate of drug-likeness (QED) is 0.675. The van der Waals surface area contributed by atoms with Crippen LogP contribution in [0.25, 0.3) is 11.1 Å². The highest BCUT2D eigenvalue weighted by atomic mass is 35.5. The van der Waals surface area contributed by atoms with Gasteiger partial charge in [0.15, 0.2) is 5.58 Å². The Balaban J connectivity index is 1.65. The number of fused-ring (bicyclic) bond motifs is 1. The molecule has 0 aliphatic rings. The Bertz CT molecular complexity index is 895. The first-order valence-corrected chi connectivity index (χ1v) is 8.55. The predicted octanol–water partition coefficient (Wildman–Crippen LogP) is 4.53. The lowest BCUT2D eigenvalue weighted by atomic mass is 10.2. The monoisotopic (exact) mass is 362 g/mol. The molecule has 0 aliphatic heterocycles. The van der Waals surface area contributed by atoms with E-state index >= 15 is 0 Å². The van der Waals surface area contributed by atoms with Crippen molar-refractivity contribution in [3.05, 3.63) is 47.0 Å². The second-order valence-electron chi connectivity index (χ2n) is 5.13. The average molecular weight is 363 g/mol. The van der Waals surface area contributed by atoms with Gasteiger partial charge in [-0.25, -0.2) is 4.98 Å². The number of carbonyl (C=O) groups excluding carboxylic acids is 1. The van der Waals surface area contributed by atoms with Crippen molar-refractivity contribution < 1.29 is 13.9 Å². The molecular weight excluding hydrogens is 348 g/mol. The Kier molecular flexibility index (Phi) is 4.97. The lowest BCUT2D eigenvalue weighted by Crippen LogP contribution is -2.14. The molecular formula is C17H15ClN2O3S. The molecule has 3 rings (SSSR count). The van der Waals surface area contributed by atoms with Crippen LogP contribution in [0.2, 0.25) is 5.02 Å². The Morgan fingerprint density at radius 3 is 2.96 bits per heavy atom. The zero-order valence-corrected chi connectivity index (χ0v) is 14.7. The van der Waals surface area contributed by atoms with Crippen molar-refractivity contribution >= 4 is 46.1 Å². The number of ether oxygens (including phenoxy) is 1. The van der Waals surface area contributed by atoms with Gasteiger partial charge in [0, 0.05) is 11.1 Å². The molecule has 1 amide bonds. The van der Waals surface area contributed by atoms with Gasteiger partial charge in [-0.15, -0.1) is 0 Å². The molecule has 0 saturated heterocycles. The predicted molar refractivity (Wildman–Crippen MR) is 96.1 cm³/mol. The van der Waals surface area contributed by atoms with Crippen LogP contribution in [-0.2, 0) is 4.79 Å². The molecule has 24 heavy (non-hydrogen) atoms. The first-order valence-electron chi connectivity index (χ1n) is 7.18. The Labute approximate surface area is 148 Å². The molecule has 0 atom stereocenters. The maximum atomic E-state index is 12.2. The number of methoxy groups -OCH3 is 1. The molecule has 7 heteroatoms. The smallest absolute Gasteiger partial charge is 0.257 e. The number of aryl methyl sites for hydroxylation is 1. The van der Waals surface area contributed by atoms with E-state index in [1.807, 2.05) is 25.1 Å². The van der Waals surface area contributed by atoms with Gasteiger partial charge in [0.25, 0.3) is 5.22 Å². The van der Waals surface area contributed by atoms with Gasteiger partial charge in [-0.1, -0.05) is 29.4 Å². The number of anilines is 1. The largest absolute Gasteiger partial charge is 0.495 e. The number of rotatable bonds is 5. The summed E-state index contributed by atoms with van der Waals surface area (Å²) < 4.78 is 10.8. The molecule has 0 spiro atoms. The summed E-state index contributed by atoms with van der Waals surface area (Å²) >= 11 is 7.14. The van der Waals surface area contributed by atoms with E-state index in [2.05, 4.69) is 10.3 Å². The highest BCUT2D eigenvalue weighted by Crippen LogP contribution is 2.27. The van der Waals surface area contributed by atoms with Crippen molar-refractivity contribution in [3.63, 3.8) is 0 Å². The van der Waals surface area contributed by atoms with Crippen molar-refractivity contribution in [1.29, 1.82) is 0 Å². The summed E-state index contributed by atoms with van der Waals surface area (Å²) in [7, 11) is 1.57. The van der Waals surface area contributed by atoms with E-state index in [-0.39, 0.29) is 11.7 Å². The molecule has 0 fully saturated rings. The first kappa shape index (κ1) is 16.7. The third-order valence-electron chi connectivity index (χ3n) is 3.29. The van der Waals surface area contributed by atoms with Gasteiger partial charge in [0.2, 0.25) is 5.91 Å². The van der Waals surface area contributed by atoms with Crippen molar-refractivity contribution in [2.24, 2.45) is 0 Å². The number of aromatic nitrogens is 1. The highest BCUT2D eigenvalue weighted by Gasteiger charge is 2.12. The van der Waals surface area contributed by atoms with Crippen LogP contribution < -0.4 is 10.1 Å². The van der Waals surface area contributed by atoms with E-state index in [0.717, 1.165) is 5.56 Å². The van der Waals surface area contributed by atoms with Crippen LogP contribution in [0.1, 0.15) is 5.56 Å². The van der Waals surface area contributed by atoms with Gasteiger partial charge >= 0.3 is 0 Å². The Hall–Kier alpha value is -2.18. The molecule has 2 aromatic carbocycles. The SMILES string of the molecule is COc1ccc(C)cc1NC(=O)CSc1nc2ccc(Cl)cc2o1. The van der Waals surface area contributed by atoms with Gasteiger partial charge in [-0.05, 0) is 36.8 Å². The number of hydrogen-bond acceptors (Lipinski definition) is 5. The van der Waals surface area contributed by atoms with Crippen LogP contribution in [0.15, 0.2) is 46.0 Å². The average Bonchev–Trinajstić information content (AvgIpc) is 2.95. The molecule has 0 aliphatic carbocycles. The standard InChI is InChI=1S/C17H15ClN2O3S/c1-10-3-6-14(22-2)13(7-10)19-16(21)9-24-17-20-12-5-4-11(18)8-15(12)23-17/h3-8H,9H2,1-2H3,(H,19,21). The van der Waals surface area contributed by atoms with Gasteiger partial charge < -0.3 is 14.5 Å². The van der Waals surface area contributed by atoms with E-state index in [1.54, 1.807) is 25.3 Å². The fourth-order valence-corrected chi connectivity index (χ4v) is 2.97. The maximum Gasteiger partial charge on any atom is 0.257 e. The molecule has 0 unspecified atom stereocenters. The van der Waals surface area contributed by atoms with E-state index in [9.17, 15) is 4.79 Å². The highest BCUT2D eigenvalue weighted by molar-refractivity contribution is 7.99. The topological polar surface area (TPSA) is 64.4 Å². The summed E-state index contributed by atoms with van der Waals surface area (Å²) in [5, 5.41) is 3.85. The van der Waals surface area contributed by atoms with Crippen LogP contribution in [0.4, 0.5) is 5.69 Å². The minimum Gasteiger partial charge on any atom is -0.495 e. The summed E-state index contributed by atoms with van der Waals surface area (Å²) in [5.74, 6) is 0.636. The van der Waals surface area contributed by atoms with Gasteiger partial charge in [-0.2, -0.15) is 0 Å². The third kappa shape index (κ3) is 3.83. The minimum absolute atomic E-state index is 0.163. The molecule has 3 aromatic rings. The van der Waals surface area contributed by atoms with Crippen LogP contribution in [0, 0.1) is 6.92 Å². The number of nitrogens with zero attached hydrogens (tertiary/aromatic N) is 1. The number of hydrogen-bond donors (Lipinski definition) is 1. The molecule has 0 bridgehead atoms. The van der Waals surface area contributed by atoms with E-state index in [0.29, 0.717) is 32.8 Å². The van der Waals surface area contributed by atoms with Crippen LogP contribution >= 0.6 is 23.4 Å². The second-order valence-corrected chi connectivity index (χ2v) is 6.50. The normalized spacial score (nSPS) is 10.8. The molecule has 0 saturated carbocycles. The fourth-order valence-electron chi connectivity index (χ4n) is 2.17. The first-order chi connectivity index (χ1) is 11.5. The number of amides is 1. The Morgan fingerprint density at radius 2 is 2.17 bits per heavy atom. The number of thioether (sulfide) groups is 1. The number of oxazole rings is 1. The van der Waals surface area contributed by atoms with Gasteiger partial charge in [-0.3, -0.25) is 4.79 Å². The Morgan fingerprint density at radius 1 is 1.33 bits per heavy atom.